The molecule has 0 aliphatic rings. The summed E-state index contributed by atoms with van der Waals surface area (Å²) in [6.07, 6.45) is -0.0452. The highest BCUT2D eigenvalue weighted by atomic mass is 19.1. The van der Waals surface area contributed by atoms with Crippen molar-refractivity contribution in [2.75, 3.05) is 0 Å². The van der Waals surface area contributed by atoms with E-state index in [9.17, 15) is 9.50 Å². The minimum absolute atomic E-state index is 0.0452. The number of benzene rings is 1. The van der Waals surface area contributed by atoms with E-state index in [1.54, 1.807) is 6.07 Å². The summed E-state index contributed by atoms with van der Waals surface area (Å²) < 4.78 is 12.7. The number of nitrogens with zero attached hydrogens (tertiary/aromatic N) is 1. The summed E-state index contributed by atoms with van der Waals surface area (Å²) in [5.41, 5.74) is -0.842. The van der Waals surface area contributed by atoms with Crippen LogP contribution in [0.4, 0.5) is 4.39 Å². The number of aliphatic hydroxyl groups is 1. The normalized spacial score (nSPS) is 14.6. The van der Waals surface area contributed by atoms with Crippen LogP contribution < -0.4 is 0 Å². The van der Waals surface area contributed by atoms with Gasteiger partial charge in [-0.3, -0.25) is 0 Å². The zero-order valence-corrected chi connectivity index (χ0v) is 7.29. The van der Waals surface area contributed by atoms with Gasteiger partial charge < -0.3 is 5.11 Å². The Balaban J connectivity index is 3.01. The van der Waals surface area contributed by atoms with E-state index in [0.29, 0.717) is 5.56 Å². The molecular weight excluding hydrogens is 169 g/mol. The molecule has 68 valence electrons. The summed E-state index contributed by atoms with van der Waals surface area (Å²) in [6, 6.07) is 7.49. The summed E-state index contributed by atoms with van der Waals surface area (Å²) in [6.45, 7) is 1.49. The number of halogens is 1. The maximum atomic E-state index is 12.7. The Morgan fingerprint density at radius 1 is 1.62 bits per heavy atom. The number of hydrogen-bond donors (Lipinski definition) is 1. The molecule has 2 nitrogen and oxygen atoms in total. The summed E-state index contributed by atoms with van der Waals surface area (Å²) in [7, 11) is 0. The van der Waals surface area contributed by atoms with E-state index in [0.717, 1.165) is 0 Å². The van der Waals surface area contributed by atoms with Crippen LogP contribution in [0.3, 0.4) is 0 Å². The quantitative estimate of drug-likeness (QED) is 0.754. The lowest BCUT2D eigenvalue weighted by atomic mass is 9.93. The van der Waals surface area contributed by atoms with Crippen LogP contribution in [-0.2, 0) is 5.60 Å². The number of nitriles is 1. The molecule has 3 heteroatoms. The van der Waals surface area contributed by atoms with Crippen molar-refractivity contribution in [1.29, 1.82) is 5.26 Å². The van der Waals surface area contributed by atoms with E-state index in [1.807, 2.05) is 6.07 Å². The van der Waals surface area contributed by atoms with Gasteiger partial charge in [0.2, 0.25) is 0 Å². The monoisotopic (exact) mass is 179 g/mol. The molecule has 0 bridgehead atoms. The molecule has 0 saturated heterocycles. The molecule has 0 saturated carbocycles. The fraction of sp³-hybridized carbons (Fsp3) is 0.300. The van der Waals surface area contributed by atoms with Gasteiger partial charge in [-0.1, -0.05) is 12.1 Å². The Kier molecular flexibility index (Phi) is 2.64. The highest BCUT2D eigenvalue weighted by molar-refractivity contribution is 5.23. The van der Waals surface area contributed by atoms with E-state index in [4.69, 9.17) is 5.26 Å². The van der Waals surface area contributed by atoms with E-state index in [2.05, 4.69) is 0 Å². The van der Waals surface area contributed by atoms with Crippen LogP contribution in [0, 0.1) is 17.1 Å². The Bertz CT molecular complexity index is 341. The molecule has 0 fully saturated rings. The van der Waals surface area contributed by atoms with E-state index in [1.165, 1.54) is 25.1 Å². The average Bonchev–Trinajstić information content (AvgIpc) is 2.04. The molecule has 0 aliphatic heterocycles. The van der Waals surface area contributed by atoms with Crippen molar-refractivity contribution >= 4 is 0 Å². The summed E-state index contributed by atoms with van der Waals surface area (Å²) >= 11 is 0. The Morgan fingerprint density at radius 3 is 2.85 bits per heavy atom. The second-order valence-electron chi connectivity index (χ2n) is 3.12. The van der Waals surface area contributed by atoms with Crippen LogP contribution in [0.5, 0.6) is 0 Å². The third-order valence-corrected chi connectivity index (χ3v) is 1.87. The van der Waals surface area contributed by atoms with Gasteiger partial charge in [-0.05, 0) is 24.6 Å². The van der Waals surface area contributed by atoms with Gasteiger partial charge in [-0.25, -0.2) is 4.39 Å². The molecule has 0 radical (unpaired) electrons. The van der Waals surface area contributed by atoms with Gasteiger partial charge >= 0.3 is 0 Å². The SMILES string of the molecule is CC(O)(CC#N)c1cccc(F)c1. The Hall–Kier alpha value is -1.40. The van der Waals surface area contributed by atoms with Crippen LogP contribution in [0.15, 0.2) is 24.3 Å². The van der Waals surface area contributed by atoms with Gasteiger partial charge in [-0.2, -0.15) is 5.26 Å². The first-order valence-corrected chi connectivity index (χ1v) is 3.91. The second kappa shape index (κ2) is 3.55. The highest BCUT2D eigenvalue weighted by Gasteiger charge is 2.22. The second-order valence-corrected chi connectivity index (χ2v) is 3.12. The van der Waals surface area contributed by atoms with Crippen LogP contribution in [0.25, 0.3) is 0 Å². The largest absolute Gasteiger partial charge is 0.384 e. The average molecular weight is 179 g/mol. The molecule has 0 aromatic heterocycles. The van der Waals surface area contributed by atoms with Crippen molar-refractivity contribution < 1.29 is 9.50 Å². The van der Waals surface area contributed by atoms with Crippen LogP contribution in [0.2, 0.25) is 0 Å². The molecule has 1 rings (SSSR count). The Labute approximate surface area is 76.2 Å². The molecule has 0 spiro atoms. The van der Waals surface area contributed by atoms with Gasteiger partial charge in [-0.15, -0.1) is 0 Å². The maximum absolute atomic E-state index is 12.7. The molecule has 0 heterocycles. The molecule has 1 N–H and O–H groups in total. The lowest BCUT2D eigenvalue weighted by molar-refractivity contribution is 0.0621. The molecule has 1 atom stereocenters. The minimum atomic E-state index is -1.27. The van der Waals surface area contributed by atoms with Gasteiger partial charge in [0.25, 0.3) is 0 Å². The summed E-state index contributed by atoms with van der Waals surface area (Å²) in [4.78, 5) is 0. The van der Waals surface area contributed by atoms with Crippen molar-refractivity contribution in [3.8, 4) is 6.07 Å². The number of rotatable bonds is 2. The number of hydrogen-bond acceptors (Lipinski definition) is 2. The molecule has 13 heavy (non-hydrogen) atoms. The third kappa shape index (κ3) is 2.27. The van der Waals surface area contributed by atoms with Crippen molar-refractivity contribution in [2.24, 2.45) is 0 Å². The topological polar surface area (TPSA) is 44.0 Å². The maximum Gasteiger partial charge on any atom is 0.123 e. The summed E-state index contributed by atoms with van der Waals surface area (Å²) in [5.74, 6) is -0.407. The van der Waals surface area contributed by atoms with Crippen molar-refractivity contribution in [3.05, 3.63) is 35.6 Å². The molecule has 0 aliphatic carbocycles. The van der Waals surface area contributed by atoms with Gasteiger partial charge in [0.15, 0.2) is 0 Å². The molecule has 1 unspecified atom stereocenters. The standard InChI is InChI=1S/C10H10FNO/c1-10(13,5-6-12)8-3-2-4-9(11)7-8/h2-4,7,13H,5H2,1H3. The van der Waals surface area contributed by atoms with Crippen LogP contribution >= 0.6 is 0 Å². The fourth-order valence-electron chi connectivity index (χ4n) is 1.08. The van der Waals surface area contributed by atoms with Crippen LogP contribution in [0.1, 0.15) is 18.9 Å². The first-order chi connectivity index (χ1) is 6.06. The van der Waals surface area contributed by atoms with Gasteiger partial charge in [0, 0.05) is 0 Å². The zero-order valence-electron chi connectivity index (χ0n) is 7.29. The van der Waals surface area contributed by atoms with Gasteiger partial charge in [0.05, 0.1) is 18.1 Å². The van der Waals surface area contributed by atoms with Gasteiger partial charge in [0.1, 0.15) is 5.82 Å². The molecule has 1 aromatic carbocycles. The molecule has 0 amide bonds. The summed E-state index contributed by atoms with van der Waals surface area (Å²) in [5, 5.41) is 18.1. The lowest BCUT2D eigenvalue weighted by Crippen LogP contribution is -2.20. The minimum Gasteiger partial charge on any atom is -0.384 e. The zero-order chi connectivity index (χ0) is 9.90. The van der Waals surface area contributed by atoms with E-state index < -0.39 is 11.4 Å². The molecule has 1 aromatic rings. The fourth-order valence-corrected chi connectivity index (χ4v) is 1.08. The molecular formula is C10H10FNO. The first-order valence-electron chi connectivity index (χ1n) is 3.91. The smallest absolute Gasteiger partial charge is 0.123 e. The van der Waals surface area contributed by atoms with Crippen LogP contribution in [-0.4, -0.2) is 5.11 Å². The van der Waals surface area contributed by atoms with Crippen molar-refractivity contribution in [2.45, 2.75) is 18.9 Å². The predicted octanol–water partition coefficient (Wildman–Crippen LogP) is 1.95. The highest BCUT2D eigenvalue weighted by Crippen LogP contribution is 2.23. The van der Waals surface area contributed by atoms with E-state index in [-0.39, 0.29) is 6.42 Å². The van der Waals surface area contributed by atoms with Crippen molar-refractivity contribution in [3.63, 3.8) is 0 Å². The van der Waals surface area contributed by atoms with E-state index >= 15 is 0 Å². The predicted molar refractivity (Wildman–Crippen MR) is 46.2 cm³/mol. The lowest BCUT2D eigenvalue weighted by Gasteiger charge is -2.20. The third-order valence-electron chi connectivity index (χ3n) is 1.87. The van der Waals surface area contributed by atoms with Crippen molar-refractivity contribution in [1.82, 2.24) is 0 Å². The Morgan fingerprint density at radius 2 is 2.31 bits per heavy atom. The first kappa shape index (κ1) is 9.69.